The summed E-state index contributed by atoms with van der Waals surface area (Å²) in [5.74, 6) is 0.0385. The molecule has 0 aliphatic heterocycles. The Kier molecular flexibility index (Phi) is 5.68. The first-order valence-electron chi connectivity index (χ1n) is 4.81. The van der Waals surface area contributed by atoms with Crippen LogP contribution in [0.4, 0.5) is 5.69 Å². The molecule has 6 heteroatoms. The number of halogens is 2. The van der Waals surface area contributed by atoms with E-state index in [0.29, 0.717) is 10.2 Å². The molecule has 0 saturated heterocycles. The number of rotatable bonds is 4. The van der Waals surface area contributed by atoms with E-state index in [1.54, 1.807) is 31.3 Å². The van der Waals surface area contributed by atoms with Crippen LogP contribution in [0, 0.1) is 0 Å². The van der Waals surface area contributed by atoms with Crippen molar-refractivity contribution in [1.29, 1.82) is 0 Å². The average molecular weight is 291 g/mol. The van der Waals surface area contributed by atoms with Gasteiger partial charge in [-0.25, -0.2) is 4.99 Å². The predicted octanol–water partition coefficient (Wildman–Crippen LogP) is 4.62. The van der Waals surface area contributed by atoms with E-state index in [1.165, 1.54) is 11.9 Å². The van der Waals surface area contributed by atoms with Crippen molar-refractivity contribution in [2.45, 2.75) is 13.8 Å². The minimum Gasteiger partial charge on any atom is -0.506 e. The molecule has 17 heavy (non-hydrogen) atoms. The van der Waals surface area contributed by atoms with E-state index in [0.717, 1.165) is 10.6 Å². The molecular formula is C11H12Cl2N2OS. The van der Waals surface area contributed by atoms with E-state index < -0.39 is 0 Å². The van der Waals surface area contributed by atoms with Gasteiger partial charge in [-0.1, -0.05) is 23.2 Å². The number of aromatic hydroxyl groups is 1. The number of nitrogens with one attached hydrogen (secondary N) is 1. The Hall–Kier alpha value is -0.840. The number of hydrogen-bond acceptors (Lipinski definition) is 4. The zero-order chi connectivity index (χ0) is 12.8. The van der Waals surface area contributed by atoms with Crippen molar-refractivity contribution in [3.05, 3.63) is 33.3 Å². The standard InChI is InChI=1S/C11H12Cl2N2OS/c1-3-14-11(13)7(2)17-15-8-4-5-9(12)10(16)6-8/h3-6,15-16H,1-2H3/b11-7+,14-3-. The van der Waals surface area contributed by atoms with Gasteiger partial charge in [-0.15, -0.1) is 0 Å². The predicted molar refractivity (Wildman–Crippen MR) is 77.0 cm³/mol. The van der Waals surface area contributed by atoms with Crippen LogP contribution in [0.1, 0.15) is 13.8 Å². The molecule has 0 aliphatic carbocycles. The lowest BCUT2D eigenvalue weighted by atomic mass is 10.3. The third-order valence-corrected chi connectivity index (χ3v) is 3.45. The highest BCUT2D eigenvalue weighted by atomic mass is 35.5. The zero-order valence-corrected chi connectivity index (χ0v) is 11.7. The molecule has 0 amide bonds. The zero-order valence-electron chi connectivity index (χ0n) is 9.37. The summed E-state index contributed by atoms with van der Waals surface area (Å²) in [4.78, 5) is 4.79. The minimum atomic E-state index is 0.0385. The maximum atomic E-state index is 9.42. The Labute approximate surface area is 115 Å². The van der Waals surface area contributed by atoms with Gasteiger partial charge in [0.1, 0.15) is 10.9 Å². The lowest BCUT2D eigenvalue weighted by molar-refractivity contribution is 0.476. The van der Waals surface area contributed by atoms with Gasteiger partial charge in [0.05, 0.1) is 5.02 Å². The number of allylic oxidation sites excluding steroid dienone is 1. The molecule has 0 radical (unpaired) electrons. The molecule has 1 aromatic carbocycles. The molecule has 3 nitrogen and oxygen atoms in total. The highest BCUT2D eigenvalue weighted by Crippen LogP contribution is 2.29. The normalized spacial score (nSPS) is 12.7. The second-order valence-corrected chi connectivity index (χ2v) is 4.89. The number of anilines is 1. The van der Waals surface area contributed by atoms with Gasteiger partial charge in [0.25, 0.3) is 0 Å². The molecule has 0 atom stereocenters. The van der Waals surface area contributed by atoms with Crippen LogP contribution in [0.5, 0.6) is 5.75 Å². The third-order valence-electron chi connectivity index (χ3n) is 1.80. The van der Waals surface area contributed by atoms with Crippen molar-refractivity contribution in [1.82, 2.24) is 0 Å². The molecule has 0 bridgehead atoms. The summed E-state index contributed by atoms with van der Waals surface area (Å²) in [7, 11) is 0. The highest BCUT2D eigenvalue weighted by molar-refractivity contribution is 8.04. The van der Waals surface area contributed by atoms with Crippen LogP contribution in [0.3, 0.4) is 0 Å². The van der Waals surface area contributed by atoms with Crippen LogP contribution < -0.4 is 4.72 Å². The fourth-order valence-electron chi connectivity index (χ4n) is 0.958. The van der Waals surface area contributed by atoms with Crippen molar-refractivity contribution in [2.75, 3.05) is 4.72 Å². The molecule has 1 aromatic rings. The topological polar surface area (TPSA) is 44.6 Å². The summed E-state index contributed by atoms with van der Waals surface area (Å²) < 4.78 is 3.03. The Morgan fingerprint density at radius 3 is 2.82 bits per heavy atom. The fraction of sp³-hybridized carbons (Fsp3) is 0.182. The number of phenols is 1. The van der Waals surface area contributed by atoms with Crippen LogP contribution >= 0.6 is 35.1 Å². The molecule has 0 saturated carbocycles. The average Bonchev–Trinajstić information content (AvgIpc) is 2.30. The first kappa shape index (κ1) is 14.2. The molecule has 0 aromatic heterocycles. The van der Waals surface area contributed by atoms with Gasteiger partial charge in [-0.2, -0.15) is 0 Å². The molecule has 2 N–H and O–H groups in total. The summed E-state index contributed by atoms with van der Waals surface area (Å²) in [6.07, 6.45) is 1.63. The molecule has 1 rings (SSSR count). The molecule has 0 spiro atoms. The third kappa shape index (κ3) is 4.50. The van der Waals surface area contributed by atoms with Crippen LogP contribution in [0.2, 0.25) is 5.02 Å². The van der Waals surface area contributed by atoms with Crippen molar-refractivity contribution < 1.29 is 5.11 Å². The summed E-state index contributed by atoms with van der Waals surface area (Å²) in [5, 5.41) is 10.2. The summed E-state index contributed by atoms with van der Waals surface area (Å²) in [6, 6.07) is 4.92. The largest absolute Gasteiger partial charge is 0.506 e. The SMILES string of the molecule is C/C=N\C(Cl)=C(/C)SNc1ccc(Cl)c(O)c1. The lowest BCUT2D eigenvalue weighted by Gasteiger charge is -2.07. The monoisotopic (exact) mass is 290 g/mol. The van der Waals surface area contributed by atoms with Gasteiger partial charge in [0, 0.05) is 22.9 Å². The number of hydrogen-bond donors (Lipinski definition) is 2. The molecule has 0 aliphatic rings. The molecule has 0 fully saturated rings. The van der Waals surface area contributed by atoms with E-state index in [9.17, 15) is 5.11 Å². The van der Waals surface area contributed by atoms with Gasteiger partial charge in [-0.05, 0) is 37.9 Å². The molecular weight excluding hydrogens is 279 g/mol. The van der Waals surface area contributed by atoms with Gasteiger partial charge >= 0.3 is 0 Å². The molecule has 0 unspecified atom stereocenters. The second kappa shape index (κ2) is 6.79. The van der Waals surface area contributed by atoms with E-state index in [1.807, 2.05) is 6.92 Å². The van der Waals surface area contributed by atoms with E-state index in [-0.39, 0.29) is 5.75 Å². The number of nitrogens with zero attached hydrogens (tertiary/aromatic N) is 1. The molecule has 0 heterocycles. The maximum absolute atomic E-state index is 9.42. The quantitative estimate of drug-likeness (QED) is 0.483. The van der Waals surface area contributed by atoms with Crippen molar-refractivity contribution in [3.8, 4) is 5.75 Å². The summed E-state index contributed by atoms with van der Waals surface area (Å²) in [5.41, 5.74) is 0.737. The Morgan fingerprint density at radius 1 is 1.53 bits per heavy atom. The van der Waals surface area contributed by atoms with Gasteiger partial charge < -0.3 is 9.83 Å². The van der Waals surface area contributed by atoms with E-state index in [2.05, 4.69) is 9.71 Å². The van der Waals surface area contributed by atoms with Gasteiger partial charge in [-0.3, -0.25) is 0 Å². The Morgan fingerprint density at radius 2 is 2.24 bits per heavy atom. The van der Waals surface area contributed by atoms with Gasteiger partial charge in [0.15, 0.2) is 0 Å². The Bertz CT molecular complexity index is 461. The number of aliphatic imine (C=N–C) groups is 1. The Balaban J connectivity index is 2.68. The first-order chi connectivity index (χ1) is 8.04. The number of phenolic OH excluding ortho intramolecular Hbond substituents is 1. The minimum absolute atomic E-state index is 0.0385. The van der Waals surface area contributed by atoms with Gasteiger partial charge in [0.2, 0.25) is 0 Å². The maximum Gasteiger partial charge on any atom is 0.139 e. The van der Waals surface area contributed by atoms with E-state index >= 15 is 0 Å². The highest BCUT2D eigenvalue weighted by Gasteiger charge is 2.02. The van der Waals surface area contributed by atoms with Crippen molar-refractivity contribution in [2.24, 2.45) is 4.99 Å². The lowest BCUT2D eigenvalue weighted by Crippen LogP contribution is -1.87. The summed E-state index contributed by atoms with van der Waals surface area (Å²) in [6.45, 7) is 3.65. The fourth-order valence-corrected chi connectivity index (χ4v) is 1.82. The van der Waals surface area contributed by atoms with Crippen LogP contribution in [0.25, 0.3) is 0 Å². The summed E-state index contributed by atoms with van der Waals surface area (Å²) >= 11 is 12.9. The van der Waals surface area contributed by atoms with Crippen molar-refractivity contribution >= 4 is 47.1 Å². The van der Waals surface area contributed by atoms with Crippen LogP contribution in [-0.2, 0) is 0 Å². The molecule has 92 valence electrons. The van der Waals surface area contributed by atoms with Crippen molar-refractivity contribution in [3.63, 3.8) is 0 Å². The van der Waals surface area contributed by atoms with Crippen LogP contribution in [-0.4, -0.2) is 11.3 Å². The van der Waals surface area contributed by atoms with E-state index in [4.69, 9.17) is 23.2 Å². The first-order valence-corrected chi connectivity index (χ1v) is 6.38. The second-order valence-electron chi connectivity index (χ2n) is 3.10. The number of benzene rings is 1. The smallest absolute Gasteiger partial charge is 0.139 e. The van der Waals surface area contributed by atoms with Crippen LogP contribution in [0.15, 0.2) is 33.3 Å².